The Morgan fingerprint density at radius 1 is 1.17 bits per heavy atom. The van der Waals surface area contributed by atoms with Gasteiger partial charge in [0.1, 0.15) is 0 Å². The number of urea groups is 1. The summed E-state index contributed by atoms with van der Waals surface area (Å²) in [5, 5.41) is 14.6. The number of nitrogens with zero attached hydrogens (tertiary/aromatic N) is 1. The molecule has 2 amide bonds. The Hall–Kier alpha value is -2.80. The smallest absolute Gasteiger partial charge is 0.319 e. The van der Waals surface area contributed by atoms with Gasteiger partial charge in [-0.25, -0.2) is 4.79 Å². The van der Waals surface area contributed by atoms with E-state index >= 15 is 0 Å². The topological polar surface area (TPSA) is 64.9 Å². The molecular formula is C19H19N3O. The van der Waals surface area contributed by atoms with Gasteiger partial charge in [0.15, 0.2) is 0 Å². The van der Waals surface area contributed by atoms with E-state index in [0.717, 1.165) is 30.5 Å². The average molecular weight is 305 g/mol. The van der Waals surface area contributed by atoms with E-state index in [2.05, 4.69) is 28.8 Å². The number of carbonyl (C=O) groups is 1. The third-order valence-corrected chi connectivity index (χ3v) is 4.17. The maximum absolute atomic E-state index is 12.2. The van der Waals surface area contributed by atoms with Gasteiger partial charge in [-0.3, -0.25) is 0 Å². The Balaban J connectivity index is 1.63. The van der Waals surface area contributed by atoms with Crippen molar-refractivity contribution in [2.75, 3.05) is 5.32 Å². The van der Waals surface area contributed by atoms with Crippen LogP contribution in [0.4, 0.5) is 10.5 Å². The van der Waals surface area contributed by atoms with Gasteiger partial charge in [0.25, 0.3) is 0 Å². The monoisotopic (exact) mass is 305 g/mol. The molecule has 3 rings (SSSR count). The van der Waals surface area contributed by atoms with Crippen molar-refractivity contribution in [1.29, 1.82) is 5.26 Å². The molecule has 2 aromatic rings. The first kappa shape index (κ1) is 15.1. The van der Waals surface area contributed by atoms with Crippen LogP contribution in [-0.4, -0.2) is 6.03 Å². The molecular weight excluding hydrogens is 286 g/mol. The molecule has 0 saturated heterocycles. The number of hydrogen-bond donors (Lipinski definition) is 2. The summed E-state index contributed by atoms with van der Waals surface area (Å²) in [6, 6.07) is 17.6. The largest absolute Gasteiger partial charge is 0.331 e. The van der Waals surface area contributed by atoms with E-state index in [1.165, 1.54) is 11.1 Å². The highest BCUT2D eigenvalue weighted by molar-refractivity contribution is 5.89. The highest BCUT2D eigenvalue weighted by Crippen LogP contribution is 2.29. The fourth-order valence-electron chi connectivity index (χ4n) is 3.03. The van der Waals surface area contributed by atoms with E-state index < -0.39 is 0 Å². The third kappa shape index (κ3) is 3.70. The maximum atomic E-state index is 12.2. The predicted molar refractivity (Wildman–Crippen MR) is 90.0 cm³/mol. The van der Waals surface area contributed by atoms with Gasteiger partial charge in [-0.1, -0.05) is 36.4 Å². The molecule has 0 radical (unpaired) electrons. The van der Waals surface area contributed by atoms with Gasteiger partial charge >= 0.3 is 6.03 Å². The van der Waals surface area contributed by atoms with Crippen LogP contribution in [-0.2, 0) is 12.8 Å². The minimum atomic E-state index is -0.195. The summed E-state index contributed by atoms with van der Waals surface area (Å²) < 4.78 is 0. The number of nitrogens with one attached hydrogen (secondary N) is 2. The molecule has 0 spiro atoms. The van der Waals surface area contributed by atoms with Gasteiger partial charge in [-0.15, -0.1) is 0 Å². The second kappa shape index (κ2) is 6.97. The molecule has 0 aliphatic heterocycles. The van der Waals surface area contributed by atoms with Crippen LogP contribution in [0.2, 0.25) is 0 Å². The molecule has 23 heavy (non-hydrogen) atoms. The van der Waals surface area contributed by atoms with Crippen molar-refractivity contribution in [3.8, 4) is 6.07 Å². The van der Waals surface area contributed by atoms with Crippen molar-refractivity contribution in [1.82, 2.24) is 5.32 Å². The molecule has 0 aromatic heterocycles. The van der Waals surface area contributed by atoms with Crippen molar-refractivity contribution in [3.63, 3.8) is 0 Å². The molecule has 0 heterocycles. The number of anilines is 1. The Kier molecular flexibility index (Phi) is 4.58. The molecule has 4 heteroatoms. The second-order valence-electron chi connectivity index (χ2n) is 5.77. The van der Waals surface area contributed by atoms with Crippen molar-refractivity contribution in [2.45, 2.75) is 31.7 Å². The fraction of sp³-hybridized carbons (Fsp3) is 0.263. The molecule has 2 aromatic carbocycles. The third-order valence-electron chi connectivity index (χ3n) is 4.17. The first-order valence-electron chi connectivity index (χ1n) is 7.87. The number of hydrogen-bond acceptors (Lipinski definition) is 2. The lowest BCUT2D eigenvalue weighted by Gasteiger charge is -2.26. The zero-order valence-electron chi connectivity index (χ0n) is 12.9. The van der Waals surface area contributed by atoms with Crippen LogP contribution in [0.3, 0.4) is 0 Å². The predicted octanol–water partition coefficient (Wildman–Crippen LogP) is 3.95. The SMILES string of the molecule is N#CCc1ccc(NC(=O)NC2CCCc3ccccc32)cc1. The summed E-state index contributed by atoms with van der Waals surface area (Å²) in [7, 11) is 0. The van der Waals surface area contributed by atoms with Crippen LogP contribution in [0.5, 0.6) is 0 Å². The highest BCUT2D eigenvalue weighted by Gasteiger charge is 2.21. The second-order valence-corrected chi connectivity index (χ2v) is 5.77. The van der Waals surface area contributed by atoms with Gasteiger partial charge in [0.05, 0.1) is 18.5 Å². The zero-order valence-corrected chi connectivity index (χ0v) is 12.9. The van der Waals surface area contributed by atoms with Crippen LogP contribution in [0.15, 0.2) is 48.5 Å². The van der Waals surface area contributed by atoms with Gasteiger partial charge in [-0.2, -0.15) is 5.26 Å². The minimum Gasteiger partial charge on any atom is -0.331 e. The summed E-state index contributed by atoms with van der Waals surface area (Å²) in [6.07, 6.45) is 3.51. The quantitative estimate of drug-likeness (QED) is 0.901. The maximum Gasteiger partial charge on any atom is 0.319 e. The zero-order chi connectivity index (χ0) is 16.1. The highest BCUT2D eigenvalue weighted by atomic mass is 16.2. The van der Waals surface area contributed by atoms with Gasteiger partial charge in [0, 0.05) is 5.69 Å². The molecule has 116 valence electrons. The Bertz CT molecular complexity index is 731. The Morgan fingerprint density at radius 3 is 2.74 bits per heavy atom. The molecule has 0 saturated carbocycles. The Morgan fingerprint density at radius 2 is 1.96 bits per heavy atom. The molecule has 4 nitrogen and oxygen atoms in total. The Labute approximate surface area is 136 Å². The number of aryl methyl sites for hydroxylation is 1. The lowest BCUT2D eigenvalue weighted by Crippen LogP contribution is -2.34. The number of amides is 2. The molecule has 2 N–H and O–H groups in total. The molecule has 0 fully saturated rings. The molecule has 0 bridgehead atoms. The van der Waals surface area contributed by atoms with Gasteiger partial charge < -0.3 is 10.6 Å². The van der Waals surface area contributed by atoms with Crippen LogP contribution >= 0.6 is 0 Å². The number of fused-ring (bicyclic) bond motifs is 1. The lowest BCUT2D eigenvalue weighted by molar-refractivity contribution is 0.247. The summed E-state index contributed by atoms with van der Waals surface area (Å²) in [5.41, 5.74) is 4.22. The van der Waals surface area contributed by atoms with Crippen LogP contribution in [0, 0.1) is 11.3 Å². The van der Waals surface area contributed by atoms with E-state index in [1.54, 1.807) is 0 Å². The summed E-state index contributed by atoms with van der Waals surface area (Å²) in [4.78, 5) is 12.2. The van der Waals surface area contributed by atoms with Crippen LogP contribution in [0.25, 0.3) is 0 Å². The number of carbonyl (C=O) groups excluding carboxylic acids is 1. The van der Waals surface area contributed by atoms with E-state index in [-0.39, 0.29) is 12.1 Å². The molecule has 1 aliphatic rings. The van der Waals surface area contributed by atoms with Crippen LogP contribution < -0.4 is 10.6 Å². The standard InChI is InChI=1S/C19H19N3O/c20-13-12-14-8-10-16(11-9-14)21-19(23)22-18-7-3-5-15-4-1-2-6-17(15)18/h1-2,4,6,8-11,18H,3,5,7,12H2,(H2,21,22,23). The van der Waals surface area contributed by atoms with Crippen molar-refractivity contribution in [3.05, 3.63) is 65.2 Å². The summed E-state index contributed by atoms with van der Waals surface area (Å²) >= 11 is 0. The minimum absolute atomic E-state index is 0.0674. The van der Waals surface area contributed by atoms with E-state index in [1.807, 2.05) is 36.4 Å². The first-order chi connectivity index (χ1) is 11.3. The van der Waals surface area contributed by atoms with Gasteiger partial charge in [-0.05, 0) is 48.1 Å². The van der Waals surface area contributed by atoms with E-state index in [9.17, 15) is 4.79 Å². The van der Waals surface area contributed by atoms with Crippen LogP contribution in [0.1, 0.15) is 35.6 Å². The normalized spacial score (nSPS) is 16.0. The molecule has 1 atom stereocenters. The van der Waals surface area contributed by atoms with Crippen molar-refractivity contribution < 1.29 is 4.79 Å². The lowest BCUT2D eigenvalue weighted by atomic mass is 9.88. The van der Waals surface area contributed by atoms with Gasteiger partial charge in [0.2, 0.25) is 0 Å². The number of benzene rings is 2. The van der Waals surface area contributed by atoms with E-state index in [4.69, 9.17) is 5.26 Å². The number of nitriles is 1. The molecule has 1 unspecified atom stereocenters. The average Bonchev–Trinajstić information content (AvgIpc) is 2.57. The summed E-state index contributed by atoms with van der Waals surface area (Å²) in [6.45, 7) is 0. The number of rotatable bonds is 3. The van der Waals surface area contributed by atoms with E-state index in [0.29, 0.717) is 6.42 Å². The van der Waals surface area contributed by atoms with Crippen molar-refractivity contribution >= 4 is 11.7 Å². The van der Waals surface area contributed by atoms with Crippen molar-refractivity contribution in [2.24, 2.45) is 0 Å². The fourth-order valence-corrected chi connectivity index (χ4v) is 3.03. The first-order valence-corrected chi connectivity index (χ1v) is 7.87. The summed E-state index contributed by atoms with van der Waals surface area (Å²) in [5.74, 6) is 0. The molecule has 1 aliphatic carbocycles.